The van der Waals surface area contributed by atoms with E-state index in [1.165, 1.54) is 58.0 Å². The summed E-state index contributed by atoms with van der Waals surface area (Å²) in [6.45, 7) is 5.78. The van der Waals surface area contributed by atoms with Gasteiger partial charge in [0, 0.05) is 24.1 Å². The number of benzene rings is 2. The topological polar surface area (TPSA) is 7.12 Å². The first-order chi connectivity index (χ1) is 14.5. The molecule has 0 unspecified atom stereocenters. The van der Waals surface area contributed by atoms with Crippen molar-refractivity contribution in [2.45, 2.75) is 31.2 Å². The number of aromatic nitrogens is 1. The quantitative estimate of drug-likeness (QED) is 0.366. The summed E-state index contributed by atoms with van der Waals surface area (Å²) in [6.07, 6.45) is 7.03. The molecule has 0 fully saturated rings. The molecule has 0 N–H and O–H groups in total. The van der Waals surface area contributed by atoms with Crippen molar-refractivity contribution in [1.29, 1.82) is 0 Å². The summed E-state index contributed by atoms with van der Waals surface area (Å²) in [4.78, 5) is 3.62. The lowest BCUT2D eigenvalue weighted by atomic mass is 10.1. The van der Waals surface area contributed by atoms with E-state index < -0.39 is 0 Å². The maximum absolute atomic E-state index is 2.42. The van der Waals surface area contributed by atoms with Gasteiger partial charge in [-0.3, -0.25) is 0 Å². The van der Waals surface area contributed by atoms with Crippen LogP contribution in [0.15, 0.2) is 70.7 Å². The highest BCUT2D eigenvalue weighted by atomic mass is 32.2. The number of anilines is 1. The van der Waals surface area contributed by atoms with Crippen molar-refractivity contribution in [3.8, 4) is 0 Å². The first kappa shape index (κ1) is 21.0. The predicted octanol–water partition coefficient (Wildman–Crippen LogP) is 5.54. The number of hydrogen-bond acceptors (Lipinski definition) is 2. The smallest absolute Gasteiger partial charge is 0.213 e. The molecule has 0 aliphatic carbocycles. The van der Waals surface area contributed by atoms with Crippen molar-refractivity contribution in [2.75, 3.05) is 39.1 Å². The summed E-state index contributed by atoms with van der Waals surface area (Å²) in [5, 5.41) is 2.59. The molecule has 0 spiro atoms. The van der Waals surface area contributed by atoms with Gasteiger partial charge in [0.2, 0.25) is 5.52 Å². The zero-order valence-corrected chi connectivity index (χ0v) is 19.5. The largest absolute Gasteiger partial charge is 0.338 e. The van der Waals surface area contributed by atoms with Crippen LogP contribution >= 0.6 is 11.8 Å². The molecule has 4 heteroatoms. The van der Waals surface area contributed by atoms with E-state index in [2.05, 4.69) is 104 Å². The summed E-state index contributed by atoms with van der Waals surface area (Å²) in [5.74, 6) is 0. The number of hydrogen-bond donors (Lipinski definition) is 0. The number of pyridine rings is 1. The van der Waals surface area contributed by atoms with E-state index in [0.29, 0.717) is 0 Å². The molecule has 156 valence electrons. The Hall–Kier alpha value is -2.30. The molecular formula is C26H33N3S+2. The van der Waals surface area contributed by atoms with Crippen LogP contribution in [0.25, 0.3) is 17.0 Å². The number of fused-ring (bicyclic) bond motifs is 2. The summed E-state index contributed by atoms with van der Waals surface area (Å²) < 4.78 is 3.52. The fraction of sp³-hybridized carbons (Fsp3) is 0.346. The van der Waals surface area contributed by atoms with Crippen molar-refractivity contribution < 1.29 is 9.05 Å². The van der Waals surface area contributed by atoms with Crippen LogP contribution in [0.5, 0.6) is 0 Å². The Kier molecular flexibility index (Phi) is 6.16. The molecule has 4 rings (SSSR count). The Morgan fingerprint density at radius 1 is 1.00 bits per heavy atom. The fourth-order valence-electron chi connectivity index (χ4n) is 4.40. The molecule has 0 radical (unpaired) electrons. The normalized spacial score (nSPS) is 15.2. The number of nitrogens with zero attached hydrogens (tertiary/aromatic N) is 3. The number of aryl methyl sites for hydroxylation is 1. The van der Waals surface area contributed by atoms with Gasteiger partial charge in [-0.05, 0) is 36.3 Å². The average molecular weight is 420 g/mol. The van der Waals surface area contributed by atoms with E-state index in [-0.39, 0.29) is 0 Å². The van der Waals surface area contributed by atoms with Crippen molar-refractivity contribution in [3.05, 3.63) is 71.4 Å². The van der Waals surface area contributed by atoms with E-state index in [0.717, 1.165) is 11.0 Å². The lowest BCUT2D eigenvalue weighted by Gasteiger charge is -2.28. The van der Waals surface area contributed by atoms with Crippen molar-refractivity contribution >= 4 is 34.4 Å². The summed E-state index contributed by atoms with van der Waals surface area (Å²) in [7, 11) is 6.84. The second kappa shape index (κ2) is 8.83. The number of rotatable bonds is 7. The maximum Gasteiger partial charge on any atom is 0.213 e. The van der Waals surface area contributed by atoms with E-state index >= 15 is 0 Å². The minimum absolute atomic E-state index is 1.06. The minimum atomic E-state index is 1.06. The SMILES string of the molecule is CCC[N+](C)(C)CCC[n+]1ccc(C=C2Sc3ccccc3N2C)c2ccccc21. The standard InChI is InChI=1S/C26H33N3S/c1-5-18-29(3,4)19-10-16-28-17-15-21(22-11-6-7-12-23(22)28)20-26-27(2)24-13-8-9-14-25(24)30-26/h6-9,11-15,17,20H,5,10,16,18-19H2,1-4H3/q+2. The van der Waals surface area contributed by atoms with E-state index in [1.807, 2.05) is 11.8 Å². The molecule has 0 bridgehead atoms. The molecule has 3 aromatic rings. The van der Waals surface area contributed by atoms with Crippen LogP contribution < -0.4 is 9.47 Å². The first-order valence-electron chi connectivity index (χ1n) is 10.9. The molecule has 0 saturated carbocycles. The zero-order chi connectivity index (χ0) is 21.1. The molecule has 2 aromatic carbocycles. The predicted molar refractivity (Wildman–Crippen MR) is 130 cm³/mol. The molecule has 1 aliphatic rings. The molecule has 0 atom stereocenters. The monoisotopic (exact) mass is 419 g/mol. The molecule has 0 saturated heterocycles. The Morgan fingerprint density at radius 3 is 2.57 bits per heavy atom. The Morgan fingerprint density at radius 2 is 1.77 bits per heavy atom. The van der Waals surface area contributed by atoms with Gasteiger partial charge in [0.25, 0.3) is 0 Å². The lowest BCUT2D eigenvalue weighted by molar-refractivity contribution is -0.892. The Labute approximate surface area is 185 Å². The second-order valence-corrected chi connectivity index (χ2v) is 9.89. The van der Waals surface area contributed by atoms with Crippen LogP contribution in [0.2, 0.25) is 0 Å². The van der Waals surface area contributed by atoms with Gasteiger partial charge < -0.3 is 9.38 Å². The summed E-state index contributed by atoms with van der Waals surface area (Å²) in [5.41, 5.74) is 3.89. The molecule has 1 aromatic heterocycles. The van der Waals surface area contributed by atoms with Gasteiger partial charge in [-0.25, -0.2) is 0 Å². The number of quaternary nitrogens is 1. The fourth-order valence-corrected chi connectivity index (χ4v) is 5.50. The van der Waals surface area contributed by atoms with Crippen molar-refractivity contribution in [1.82, 2.24) is 0 Å². The molecular weight excluding hydrogens is 386 g/mol. The lowest BCUT2D eigenvalue weighted by Crippen LogP contribution is -2.43. The van der Waals surface area contributed by atoms with Crippen LogP contribution in [0.1, 0.15) is 25.3 Å². The van der Waals surface area contributed by atoms with Crippen LogP contribution in [-0.2, 0) is 6.54 Å². The highest BCUT2D eigenvalue weighted by molar-refractivity contribution is 8.03. The van der Waals surface area contributed by atoms with Gasteiger partial charge in [0.15, 0.2) is 12.7 Å². The molecule has 1 aliphatic heterocycles. The van der Waals surface area contributed by atoms with Gasteiger partial charge in [-0.15, -0.1) is 0 Å². The summed E-state index contributed by atoms with van der Waals surface area (Å²) in [6, 6.07) is 19.7. The average Bonchev–Trinajstić information content (AvgIpc) is 3.05. The maximum atomic E-state index is 2.42. The molecule has 0 amide bonds. The van der Waals surface area contributed by atoms with Crippen molar-refractivity contribution in [3.63, 3.8) is 0 Å². The minimum Gasteiger partial charge on any atom is -0.338 e. The van der Waals surface area contributed by atoms with Crippen LogP contribution in [0, 0.1) is 0 Å². The highest BCUT2D eigenvalue weighted by Gasteiger charge is 2.22. The summed E-state index contributed by atoms with van der Waals surface area (Å²) >= 11 is 1.85. The Bertz CT molecular complexity index is 1070. The van der Waals surface area contributed by atoms with Crippen LogP contribution in [0.4, 0.5) is 5.69 Å². The van der Waals surface area contributed by atoms with Crippen LogP contribution in [0.3, 0.4) is 0 Å². The Balaban J connectivity index is 1.59. The van der Waals surface area contributed by atoms with Crippen molar-refractivity contribution in [2.24, 2.45) is 0 Å². The van der Waals surface area contributed by atoms with Gasteiger partial charge in [-0.1, -0.05) is 43.0 Å². The molecule has 30 heavy (non-hydrogen) atoms. The third-order valence-corrected chi connectivity index (χ3v) is 7.17. The van der Waals surface area contributed by atoms with Gasteiger partial charge >= 0.3 is 0 Å². The number of thioether (sulfide) groups is 1. The van der Waals surface area contributed by atoms with Gasteiger partial charge in [-0.2, -0.15) is 4.57 Å². The highest BCUT2D eigenvalue weighted by Crippen LogP contribution is 2.45. The van der Waals surface area contributed by atoms with E-state index in [9.17, 15) is 0 Å². The van der Waals surface area contributed by atoms with Gasteiger partial charge in [0.05, 0.1) is 49.7 Å². The van der Waals surface area contributed by atoms with Crippen LogP contribution in [-0.4, -0.2) is 38.7 Å². The third-order valence-electron chi connectivity index (χ3n) is 6.00. The first-order valence-corrected chi connectivity index (χ1v) is 11.8. The molecule has 3 nitrogen and oxygen atoms in total. The zero-order valence-electron chi connectivity index (χ0n) is 18.6. The van der Waals surface area contributed by atoms with E-state index in [1.54, 1.807) is 0 Å². The second-order valence-electron chi connectivity index (χ2n) is 8.83. The third kappa shape index (κ3) is 4.40. The van der Waals surface area contributed by atoms with Gasteiger partial charge in [0.1, 0.15) is 0 Å². The molecule has 2 heterocycles. The number of para-hydroxylation sites is 2. The van der Waals surface area contributed by atoms with E-state index in [4.69, 9.17) is 0 Å².